The standard InChI is InChI=1S/C19H21N5/c1-3-14(20-7-1)9-13-11-22-17-6-5-15(10-16(13)17)24-12-23-19-18(24)4-2-8-21-19/h2,4-6,8,10-11,14,20,22H,1,3,7,9,12H2,(H,21,23). The zero-order chi connectivity index (χ0) is 15.9. The van der Waals surface area contributed by atoms with E-state index < -0.39 is 0 Å². The molecule has 2 aliphatic heterocycles. The van der Waals surface area contributed by atoms with Crippen molar-refractivity contribution in [1.29, 1.82) is 0 Å². The third kappa shape index (κ3) is 2.24. The first-order chi connectivity index (χ1) is 11.9. The lowest BCUT2D eigenvalue weighted by Gasteiger charge is -2.18. The van der Waals surface area contributed by atoms with Gasteiger partial charge in [-0.2, -0.15) is 0 Å². The Morgan fingerprint density at radius 2 is 2.25 bits per heavy atom. The highest BCUT2D eigenvalue weighted by Gasteiger charge is 2.22. The van der Waals surface area contributed by atoms with Gasteiger partial charge in [0.2, 0.25) is 0 Å². The summed E-state index contributed by atoms with van der Waals surface area (Å²) in [6, 6.07) is 11.4. The largest absolute Gasteiger partial charge is 0.361 e. The first kappa shape index (κ1) is 13.9. The SMILES string of the molecule is c1cnc2c(c1)N(c1ccc3[nH]cc(CC4CCCN4)c3c1)CN2. The van der Waals surface area contributed by atoms with Gasteiger partial charge in [0.1, 0.15) is 0 Å². The van der Waals surface area contributed by atoms with Crippen LogP contribution in [0.25, 0.3) is 10.9 Å². The molecule has 1 atom stereocenters. The van der Waals surface area contributed by atoms with Crippen LogP contribution in [0.4, 0.5) is 17.2 Å². The molecule has 0 saturated carbocycles. The third-order valence-electron chi connectivity index (χ3n) is 5.17. The molecule has 0 spiro atoms. The summed E-state index contributed by atoms with van der Waals surface area (Å²) < 4.78 is 0. The van der Waals surface area contributed by atoms with E-state index in [1.165, 1.54) is 35.0 Å². The molecule has 5 heteroatoms. The van der Waals surface area contributed by atoms with Crippen LogP contribution >= 0.6 is 0 Å². The summed E-state index contributed by atoms with van der Waals surface area (Å²) >= 11 is 0. The van der Waals surface area contributed by atoms with Crippen molar-refractivity contribution in [2.75, 3.05) is 23.4 Å². The summed E-state index contributed by atoms with van der Waals surface area (Å²) in [5.74, 6) is 0.960. The van der Waals surface area contributed by atoms with E-state index in [-0.39, 0.29) is 0 Å². The van der Waals surface area contributed by atoms with Crippen LogP contribution in [0.15, 0.2) is 42.7 Å². The van der Waals surface area contributed by atoms with E-state index in [1.54, 1.807) is 0 Å². The van der Waals surface area contributed by atoms with Crippen LogP contribution < -0.4 is 15.5 Å². The molecule has 1 saturated heterocycles. The fraction of sp³-hybridized carbons (Fsp3) is 0.316. The van der Waals surface area contributed by atoms with Gasteiger partial charge in [-0.3, -0.25) is 0 Å². The molecule has 1 unspecified atom stereocenters. The Morgan fingerprint density at radius 1 is 1.25 bits per heavy atom. The number of hydrogen-bond acceptors (Lipinski definition) is 4. The van der Waals surface area contributed by atoms with Crippen LogP contribution in [-0.2, 0) is 6.42 Å². The smallest absolute Gasteiger partial charge is 0.151 e. The molecule has 1 aromatic carbocycles. The number of pyridine rings is 1. The normalized spacial score (nSPS) is 19.7. The fourth-order valence-electron chi connectivity index (χ4n) is 3.92. The van der Waals surface area contributed by atoms with E-state index in [1.807, 2.05) is 12.3 Å². The molecule has 1 fully saturated rings. The second kappa shape index (κ2) is 5.53. The topological polar surface area (TPSA) is 56.0 Å². The summed E-state index contributed by atoms with van der Waals surface area (Å²) in [7, 11) is 0. The van der Waals surface area contributed by atoms with Gasteiger partial charge in [-0.15, -0.1) is 0 Å². The number of benzene rings is 1. The van der Waals surface area contributed by atoms with Gasteiger partial charge >= 0.3 is 0 Å². The number of nitrogens with one attached hydrogen (secondary N) is 3. The number of aromatic amines is 1. The van der Waals surface area contributed by atoms with Gasteiger partial charge in [-0.05, 0) is 61.7 Å². The van der Waals surface area contributed by atoms with Crippen molar-refractivity contribution in [2.24, 2.45) is 0 Å². The number of H-pyrrole nitrogens is 1. The zero-order valence-corrected chi connectivity index (χ0v) is 13.5. The van der Waals surface area contributed by atoms with Crippen LogP contribution in [0.5, 0.6) is 0 Å². The molecule has 5 nitrogen and oxygen atoms in total. The molecule has 0 aliphatic carbocycles. The average molecular weight is 319 g/mol. The van der Waals surface area contributed by atoms with E-state index >= 15 is 0 Å². The zero-order valence-electron chi connectivity index (χ0n) is 13.5. The molecule has 3 aromatic rings. The summed E-state index contributed by atoms with van der Waals surface area (Å²) in [6.45, 7) is 1.92. The summed E-state index contributed by atoms with van der Waals surface area (Å²) in [5.41, 5.74) is 4.98. The molecule has 4 heterocycles. The quantitative estimate of drug-likeness (QED) is 0.693. The van der Waals surface area contributed by atoms with Gasteiger partial charge in [0.25, 0.3) is 0 Å². The number of nitrogens with zero attached hydrogens (tertiary/aromatic N) is 2. The summed E-state index contributed by atoms with van der Waals surface area (Å²) in [6.07, 6.45) is 7.67. The van der Waals surface area contributed by atoms with E-state index in [4.69, 9.17) is 0 Å². The van der Waals surface area contributed by atoms with Crippen LogP contribution in [-0.4, -0.2) is 29.2 Å². The number of hydrogen-bond donors (Lipinski definition) is 3. The molecule has 3 N–H and O–H groups in total. The Bertz CT molecular complexity index is 878. The first-order valence-electron chi connectivity index (χ1n) is 8.68. The Kier molecular flexibility index (Phi) is 3.19. The van der Waals surface area contributed by atoms with Gasteiger partial charge in [-0.1, -0.05) is 0 Å². The minimum Gasteiger partial charge on any atom is -0.361 e. The third-order valence-corrected chi connectivity index (χ3v) is 5.17. The lowest BCUT2D eigenvalue weighted by Crippen LogP contribution is -2.23. The Labute approximate surface area is 141 Å². The van der Waals surface area contributed by atoms with Crippen LogP contribution in [0.1, 0.15) is 18.4 Å². The Morgan fingerprint density at radius 3 is 3.17 bits per heavy atom. The molecule has 0 bridgehead atoms. The van der Waals surface area contributed by atoms with Crippen molar-refractivity contribution in [1.82, 2.24) is 15.3 Å². The van der Waals surface area contributed by atoms with Gasteiger partial charge in [0.15, 0.2) is 5.82 Å². The van der Waals surface area contributed by atoms with Crippen LogP contribution in [0, 0.1) is 0 Å². The fourth-order valence-corrected chi connectivity index (χ4v) is 3.92. The maximum Gasteiger partial charge on any atom is 0.151 e. The number of anilines is 3. The molecule has 0 radical (unpaired) electrons. The maximum absolute atomic E-state index is 4.41. The molecule has 5 rings (SSSR count). The van der Waals surface area contributed by atoms with Gasteiger partial charge in [0, 0.05) is 35.0 Å². The highest BCUT2D eigenvalue weighted by Crippen LogP contribution is 2.36. The monoisotopic (exact) mass is 319 g/mol. The van der Waals surface area contributed by atoms with E-state index in [2.05, 4.69) is 56.0 Å². The lowest BCUT2D eigenvalue weighted by atomic mass is 10.0. The van der Waals surface area contributed by atoms with Crippen molar-refractivity contribution in [3.8, 4) is 0 Å². The highest BCUT2D eigenvalue weighted by molar-refractivity contribution is 5.89. The number of fused-ring (bicyclic) bond motifs is 2. The van der Waals surface area contributed by atoms with Crippen molar-refractivity contribution in [2.45, 2.75) is 25.3 Å². The minimum atomic E-state index is 0.617. The van der Waals surface area contributed by atoms with Gasteiger partial charge < -0.3 is 20.5 Å². The number of rotatable bonds is 3. The van der Waals surface area contributed by atoms with E-state index in [0.29, 0.717) is 6.04 Å². The van der Waals surface area contributed by atoms with Crippen LogP contribution in [0.2, 0.25) is 0 Å². The molecule has 0 amide bonds. The Hall–Kier alpha value is -2.53. The van der Waals surface area contributed by atoms with Crippen molar-refractivity contribution in [3.05, 3.63) is 48.3 Å². The number of aromatic nitrogens is 2. The Balaban J connectivity index is 1.51. The van der Waals surface area contributed by atoms with E-state index in [0.717, 1.165) is 31.1 Å². The van der Waals surface area contributed by atoms with Gasteiger partial charge in [-0.25, -0.2) is 4.98 Å². The first-order valence-corrected chi connectivity index (χ1v) is 8.68. The average Bonchev–Trinajstić information content (AvgIpc) is 3.35. The van der Waals surface area contributed by atoms with Gasteiger partial charge in [0.05, 0.1) is 12.4 Å². The molecular weight excluding hydrogens is 298 g/mol. The molecule has 2 aliphatic rings. The predicted molar refractivity (Wildman–Crippen MR) is 97.9 cm³/mol. The molecule has 24 heavy (non-hydrogen) atoms. The minimum absolute atomic E-state index is 0.617. The van der Waals surface area contributed by atoms with E-state index in [9.17, 15) is 0 Å². The maximum atomic E-state index is 4.41. The summed E-state index contributed by atoms with van der Waals surface area (Å²) in [4.78, 5) is 10.1. The summed E-state index contributed by atoms with van der Waals surface area (Å²) in [5, 5.41) is 8.29. The van der Waals surface area contributed by atoms with Crippen molar-refractivity contribution < 1.29 is 0 Å². The second-order valence-corrected chi connectivity index (χ2v) is 6.68. The predicted octanol–water partition coefficient (Wildman–Crippen LogP) is 3.38. The van der Waals surface area contributed by atoms with Crippen molar-refractivity contribution >= 4 is 28.1 Å². The molecule has 2 aromatic heterocycles. The lowest BCUT2D eigenvalue weighted by molar-refractivity contribution is 0.605. The molecule has 122 valence electrons. The van der Waals surface area contributed by atoms with Crippen LogP contribution in [0.3, 0.4) is 0 Å². The van der Waals surface area contributed by atoms with Crippen molar-refractivity contribution in [3.63, 3.8) is 0 Å². The molecular formula is C19H21N5. The second-order valence-electron chi connectivity index (χ2n) is 6.68. The highest BCUT2D eigenvalue weighted by atomic mass is 15.3.